The quantitative estimate of drug-likeness (QED) is 0.794. The fraction of sp³-hybridized carbons (Fsp3) is 0.435. The Bertz CT molecular complexity index is 1010. The molecule has 0 radical (unpaired) electrons. The Kier molecular flexibility index (Phi) is 5.84. The lowest BCUT2D eigenvalue weighted by atomic mass is 10.0. The monoisotopic (exact) mass is 427 g/mol. The number of nitrogens with zero attached hydrogens (tertiary/aromatic N) is 2. The number of carbonyl (C=O) groups excluding carboxylic acids is 1. The highest BCUT2D eigenvalue weighted by atomic mass is 32.2. The van der Waals surface area contributed by atoms with Crippen LogP contribution in [-0.4, -0.2) is 49.8 Å². The van der Waals surface area contributed by atoms with Crippen LogP contribution in [-0.2, 0) is 10.0 Å². The predicted molar refractivity (Wildman–Crippen MR) is 117 cm³/mol. The SMILES string of the molecule is Cc1ccc(S(=O)(=O)N2CCN(C(=O)N[C@@H](c3ccccc3)C3CC3)CC2)c(C)c1. The molecule has 0 spiro atoms. The molecule has 2 fully saturated rings. The highest BCUT2D eigenvalue weighted by molar-refractivity contribution is 7.89. The molecular formula is C23H29N3O3S. The third-order valence-corrected chi connectivity index (χ3v) is 8.06. The molecule has 0 unspecified atom stereocenters. The lowest BCUT2D eigenvalue weighted by molar-refractivity contribution is 0.167. The van der Waals surface area contributed by atoms with Gasteiger partial charge in [0.25, 0.3) is 0 Å². The zero-order chi connectivity index (χ0) is 21.3. The van der Waals surface area contributed by atoms with Gasteiger partial charge >= 0.3 is 6.03 Å². The van der Waals surface area contributed by atoms with Crippen LogP contribution in [0, 0.1) is 19.8 Å². The number of sulfonamides is 1. The second-order valence-electron chi connectivity index (χ2n) is 8.34. The number of hydrogen-bond donors (Lipinski definition) is 1. The first-order valence-corrected chi connectivity index (χ1v) is 12.0. The smallest absolute Gasteiger partial charge is 0.317 e. The standard InChI is InChI=1S/C23H29N3O3S/c1-17-8-11-21(18(2)16-17)30(28,29)26-14-12-25(13-15-26)23(27)24-22(20-9-10-20)19-6-4-3-5-7-19/h3-8,11,16,20,22H,9-10,12-15H2,1-2H3,(H,24,27)/t22-/m0/s1. The van der Waals surface area contributed by atoms with Gasteiger partial charge in [-0.15, -0.1) is 0 Å². The van der Waals surface area contributed by atoms with E-state index in [1.54, 1.807) is 11.0 Å². The highest BCUT2D eigenvalue weighted by Gasteiger charge is 2.36. The van der Waals surface area contributed by atoms with Crippen LogP contribution in [0.5, 0.6) is 0 Å². The van der Waals surface area contributed by atoms with Crippen molar-refractivity contribution in [3.05, 3.63) is 65.2 Å². The van der Waals surface area contributed by atoms with Crippen molar-refractivity contribution in [3.8, 4) is 0 Å². The van der Waals surface area contributed by atoms with Crippen LogP contribution in [0.3, 0.4) is 0 Å². The normalized spacial score (nSPS) is 18.8. The number of amides is 2. The number of urea groups is 1. The molecule has 7 heteroatoms. The third kappa shape index (κ3) is 4.37. The fourth-order valence-electron chi connectivity index (χ4n) is 4.15. The fourth-order valence-corrected chi connectivity index (χ4v) is 5.77. The van der Waals surface area contributed by atoms with E-state index in [9.17, 15) is 13.2 Å². The molecule has 2 aromatic carbocycles. The number of aryl methyl sites for hydroxylation is 2. The first-order chi connectivity index (χ1) is 14.4. The molecule has 4 rings (SSSR count). The first-order valence-electron chi connectivity index (χ1n) is 10.5. The zero-order valence-electron chi connectivity index (χ0n) is 17.5. The number of hydrogen-bond acceptors (Lipinski definition) is 3. The molecule has 0 bridgehead atoms. The van der Waals surface area contributed by atoms with Gasteiger partial charge in [0.2, 0.25) is 10.0 Å². The predicted octanol–water partition coefficient (Wildman–Crippen LogP) is 3.47. The maximum absolute atomic E-state index is 13.1. The topological polar surface area (TPSA) is 69.7 Å². The largest absolute Gasteiger partial charge is 0.331 e. The lowest BCUT2D eigenvalue weighted by Crippen LogP contribution is -2.53. The van der Waals surface area contributed by atoms with Crippen LogP contribution in [0.1, 0.15) is 35.6 Å². The van der Waals surface area contributed by atoms with E-state index >= 15 is 0 Å². The van der Waals surface area contributed by atoms with E-state index in [4.69, 9.17) is 0 Å². The first kappa shape index (κ1) is 20.9. The molecule has 2 amide bonds. The van der Waals surface area contributed by atoms with Gasteiger partial charge in [-0.2, -0.15) is 4.31 Å². The second-order valence-corrected chi connectivity index (χ2v) is 10.2. The Balaban J connectivity index is 1.39. The maximum Gasteiger partial charge on any atom is 0.317 e. The minimum Gasteiger partial charge on any atom is -0.331 e. The minimum atomic E-state index is -3.55. The van der Waals surface area contributed by atoms with Crippen molar-refractivity contribution in [2.24, 2.45) is 5.92 Å². The van der Waals surface area contributed by atoms with Crippen molar-refractivity contribution in [2.45, 2.75) is 37.6 Å². The Hall–Kier alpha value is -2.38. The summed E-state index contributed by atoms with van der Waals surface area (Å²) in [6.07, 6.45) is 2.25. The number of benzene rings is 2. The molecule has 1 atom stereocenters. The molecule has 1 heterocycles. The number of carbonyl (C=O) groups is 1. The van der Waals surface area contributed by atoms with Gasteiger partial charge < -0.3 is 10.2 Å². The molecule has 0 aromatic heterocycles. The van der Waals surface area contributed by atoms with Crippen molar-refractivity contribution in [3.63, 3.8) is 0 Å². The van der Waals surface area contributed by atoms with Crippen molar-refractivity contribution in [2.75, 3.05) is 26.2 Å². The van der Waals surface area contributed by atoms with Gasteiger partial charge in [0.15, 0.2) is 0 Å². The number of nitrogens with one attached hydrogen (secondary N) is 1. The van der Waals surface area contributed by atoms with Crippen LogP contribution in [0.15, 0.2) is 53.4 Å². The number of rotatable bonds is 5. The summed E-state index contributed by atoms with van der Waals surface area (Å²) in [5.74, 6) is 0.488. The van der Waals surface area contributed by atoms with Gasteiger partial charge in [-0.25, -0.2) is 13.2 Å². The van der Waals surface area contributed by atoms with Gasteiger partial charge in [0.05, 0.1) is 10.9 Å². The Morgan fingerprint density at radius 2 is 1.67 bits per heavy atom. The van der Waals surface area contributed by atoms with Gasteiger partial charge in [0.1, 0.15) is 0 Å². The van der Waals surface area contributed by atoms with E-state index in [1.165, 1.54) is 4.31 Å². The molecule has 160 valence electrons. The number of piperazine rings is 1. The Labute approximate surface area is 178 Å². The second kappa shape index (κ2) is 8.40. The summed E-state index contributed by atoms with van der Waals surface area (Å²) in [5, 5.41) is 3.18. The molecule has 2 aromatic rings. The van der Waals surface area contributed by atoms with Gasteiger partial charge in [-0.3, -0.25) is 0 Å². The van der Waals surface area contributed by atoms with Crippen LogP contribution >= 0.6 is 0 Å². The van der Waals surface area contributed by atoms with Crippen molar-refractivity contribution in [1.29, 1.82) is 0 Å². The summed E-state index contributed by atoms with van der Waals surface area (Å²) < 4.78 is 27.6. The van der Waals surface area contributed by atoms with Crippen LogP contribution in [0.2, 0.25) is 0 Å². The summed E-state index contributed by atoms with van der Waals surface area (Å²) in [5.41, 5.74) is 2.92. The molecule has 6 nitrogen and oxygen atoms in total. The van der Waals surface area contributed by atoms with Crippen LogP contribution < -0.4 is 5.32 Å². The molecular weight excluding hydrogens is 398 g/mol. The molecule has 1 N–H and O–H groups in total. The van der Waals surface area contributed by atoms with Crippen molar-refractivity contribution in [1.82, 2.24) is 14.5 Å². The molecule has 1 saturated heterocycles. The zero-order valence-corrected chi connectivity index (χ0v) is 18.4. The molecule has 1 aliphatic heterocycles. The molecule has 1 saturated carbocycles. The van der Waals surface area contributed by atoms with E-state index < -0.39 is 10.0 Å². The summed E-state index contributed by atoms with van der Waals surface area (Å²) in [4.78, 5) is 15.0. The lowest BCUT2D eigenvalue weighted by Gasteiger charge is -2.35. The van der Waals surface area contributed by atoms with Crippen molar-refractivity contribution < 1.29 is 13.2 Å². The summed E-state index contributed by atoms with van der Waals surface area (Å²) >= 11 is 0. The maximum atomic E-state index is 13.1. The third-order valence-electron chi connectivity index (χ3n) is 6.01. The average molecular weight is 428 g/mol. The summed E-state index contributed by atoms with van der Waals surface area (Å²) in [6.45, 7) is 5.17. The Morgan fingerprint density at radius 1 is 1.00 bits per heavy atom. The van der Waals surface area contributed by atoms with E-state index in [2.05, 4.69) is 17.4 Å². The molecule has 30 heavy (non-hydrogen) atoms. The van der Waals surface area contributed by atoms with Crippen LogP contribution in [0.4, 0.5) is 4.79 Å². The van der Waals surface area contributed by atoms with Gasteiger partial charge in [0, 0.05) is 26.2 Å². The minimum absolute atomic E-state index is 0.0238. The van der Waals surface area contributed by atoms with E-state index in [0.717, 1.165) is 29.5 Å². The van der Waals surface area contributed by atoms with Crippen LogP contribution in [0.25, 0.3) is 0 Å². The Morgan fingerprint density at radius 3 is 2.27 bits per heavy atom. The molecule has 1 aliphatic carbocycles. The van der Waals surface area contributed by atoms with E-state index in [-0.39, 0.29) is 12.1 Å². The summed E-state index contributed by atoms with van der Waals surface area (Å²) in [7, 11) is -3.55. The average Bonchev–Trinajstić information content (AvgIpc) is 3.57. The van der Waals surface area contributed by atoms with Crippen molar-refractivity contribution >= 4 is 16.1 Å². The highest BCUT2D eigenvalue weighted by Crippen LogP contribution is 2.41. The van der Waals surface area contributed by atoms with Gasteiger partial charge in [-0.1, -0.05) is 48.0 Å². The van der Waals surface area contributed by atoms with E-state index in [0.29, 0.717) is 37.0 Å². The summed E-state index contributed by atoms with van der Waals surface area (Å²) in [6, 6.07) is 15.4. The van der Waals surface area contributed by atoms with E-state index in [1.807, 2.05) is 44.2 Å². The molecule has 2 aliphatic rings. The van der Waals surface area contributed by atoms with Gasteiger partial charge in [-0.05, 0) is 49.8 Å².